The van der Waals surface area contributed by atoms with Gasteiger partial charge in [0, 0.05) is 42.4 Å². The Hall–Kier alpha value is -2.03. The van der Waals surface area contributed by atoms with E-state index in [0.717, 1.165) is 28.5 Å². The second-order valence-electron chi connectivity index (χ2n) is 5.71. The highest BCUT2D eigenvalue weighted by Gasteiger charge is 2.26. The van der Waals surface area contributed by atoms with Crippen molar-refractivity contribution in [3.8, 4) is 5.69 Å². The lowest BCUT2D eigenvalue weighted by molar-refractivity contribution is -0.136. The predicted molar refractivity (Wildman–Crippen MR) is 102 cm³/mol. The highest BCUT2D eigenvalue weighted by molar-refractivity contribution is 7.98. The van der Waals surface area contributed by atoms with Crippen LogP contribution in [0.25, 0.3) is 5.69 Å². The second-order valence-corrected chi connectivity index (χ2v) is 7.13. The number of hydrogen-bond donors (Lipinski definition) is 2. The third-order valence-corrected chi connectivity index (χ3v) is 5.09. The molecule has 0 saturated carbocycles. The van der Waals surface area contributed by atoms with Crippen LogP contribution in [0.15, 0.2) is 24.3 Å². The standard InChI is InChI=1S/C17H19ClN4O3S/c1-25-8-2-7-19-16(23)17(24)20-15-13-9-26-10-14(13)21-22(15)12-5-3-11(18)4-6-12/h3-6H,2,7-10H2,1H3,(H,19,23)(H,20,24). The van der Waals surface area contributed by atoms with E-state index in [4.69, 9.17) is 16.3 Å². The number of amides is 2. The van der Waals surface area contributed by atoms with E-state index in [-0.39, 0.29) is 0 Å². The zero-order valence-corrected chi connectivity index (χ0v) is 15.8. The van der Waals surface area contributed by atoms with Crippen LogP contribution < -0.4 is 10.6 Å². The number of anilines is 1. The molecule has 9 heteroatoms. The molecule has 1 aliphatic rings. The summed E-state index contributed by atoms with van der Waals surface area (Å²) in [7, 11) is 1.59. The van der Waals surface area contributed by atoms with Crippen LogP contribution in [-0.4, -0.2) is 41.9 Å². The zero-order valence-electron chi connectivity index (χ0n) is 14.3. The number of nitrogens with zero attached hydrogens (tertiary/aromatic N) is 2. The molecule has 1 aromatic carbocycles. The van der Waals surface area contributed by atoms with Crippen molar-refractivity contribution in [3.05, 3.63) is 40.5 Å². The maximum absolute atomic E-state index is 12.3. The minimum absolute atomic E-state index is 0.379. The van der Waals surface area contributed by atoms with Gasteiger partial charge >= 0.3 is 11.8 Å². The maximum Gasteiger partial charge on any atom is 0.314 e. The molecular weight excluding hydrogens is 376 g/mol. The van der Waals surface area contributed by atoms with Crippen molar-refractivity contribution in [2.45, 2.75) is 17.9 Å². The van der Waals surface area contributed by atoms with Crippen molar-refractivity contribution in [2.75, 3.05) is 25.6 Å². The molecule has 0 spiro atoms. The fourth-order valence-electron chi connectivity index (χ4n) is 2.57. The lowest BCUT2D eigenvalue weighted by Gasteiger charge is -2.11. The van der Waals surface area contributed by atoms with Gasteiger partial charge in [0.1, 0.15) is 5.82 Å². The molecule has 2 N–H and O–H groups in total. The number of rotatable bonds is 6. The number of fused-ring (bicyclic) bond motifs is 1. The molecule has 0 bridgehead atoms. The fourth-order valence-corrected chi connectivity index (χ4v) is 3.73. The number of carbonyl (C=O) groups excluding carboxylic acids is 2. The number of nitrogens with one attached hydrogen (secondary N) is 2. The van der Waals surface area contributed by atoms with Gasteiger partial charge in [-0.3, -0.25) is 9.59 Å². The Morgan fingerprint density at radius 2 is 2.04 bits per heavy atom. The maximum atomic E-state index is 12.3. The molecule has 2 heterocycles. The first-order valence-electron chi connectivity index (χ1n) is 8.12. The SMILES string of the molecule is COCCCNC(=O)C(=O)Nc1c2c(nn1-c1ccc(Cl)cc1)CSC2. The first kappa shape index (κ1) is 18.8. The molecule has 0 unspecified atom stereocenters. The Morgan fingerprint density at radius 3 is 2.77 bits per heavy atom. The number of halogens is 1. The third kappa shape index (κ3) is 4.20. The van der Waals surface area contributed by atoms with Gasteiger partial charge < -0.3 is 15.4 Å². The van der Waals surface area contributed by atoms with E-state index >= 15 is 0 Å². The second kappa shape index (κ2) is 8.57. The van der Waals surface area contributed by atoms with Crippen molar-refractivity contribution in [1.29, 1.82) is 0 Å². The van der Waals surface area contributed by atoms with Crippen LogP contribution in [0.3, 0.4) is 0 Å². The van der Waals surface area contributed by atoms with Crippen LogP contribution in [0.5, 0.6) is 0 Å². The zero-order chi connectivity index (χ0) is 18.5. The van der Waals surface area contributed by atoms with Gasteiger partial charge in [-0.1, -0.05) is 11.6 Å². The van der Waals surface area contributed by atoms with Crippen LogP contribution in [-0.2, 0) is 25.8 Å². The van der Waals surface area contributed by atoms with Gasteiger partial charge in [-0.05, 0) is 30.7 Å². The summed E-state index contributed by atoms with van der Waals surface area (Å²) in [5.41, 5.74) is 2.64. The number of thioether (sulfide) groups is 1. The van der Waals surface area contributed by atoms with Crippen molar-refractivity contribution in [2.24, 2.45) is 0 Å². The molecule has 3 rings (SSSR count). The first-order chi connectivity index (χ1) is 12.6. The molecule has 7 nitrogen and oxygen atoms in total. The quantitative estimate of drug-likeness (QED) is 0.580. The van der Waals surface area contributed by atoms with Crippen LogP contribution in [0.4, 0.5) is 5.82 Å². The van der Waals surface area contributed by atoms with Gasteiger partial charge in [0.15, 0.2) is 0 Å². The normalized spacial score (nSPS) is 12.7. The van der Waals surface area contributed by atoms with Crippen molar-refractivity contribution in [1.82, 2.24) is 15.1 Å². The summed E-state index contributed by atoms with van der Waals surface area (Å²) >= 11 is 7.67. The Balaban J connectivity index is 1.77. The topological polar surface area (TPSA) is 85.2 Å². The van der Waals surface area contributed by atoms with Gasteiger partial charge in [-0.2, -0.15) is 16.9 Å². The lowest BCUT2D eigenvalue weighted by atomic mass is 10.2. The van der Waals surface area contributed by atoms with E-state index in [2.05, 4.69) is 15.7 Å². The number of carbonyl (C=O) groups is 2. The summed E-state index contributed by atoms with van der Waals surface area (Å²) in [6.45, 7) is 0.903. The molecule has 2 amide bonds. The molecule has 0 saturated heterocycles. The smallest absolute Gasteiger partial charge is 0.314 e. The van der Waals surface area contributed by atoms with Crippen LogP contribution in [0, 0.1) is 0 Å². The Morgan fingerprint density at radius 1 is 1.27 bits per heavy atom. The van der Waals surface area contributed by atoms with Gasteiger partial charge in [0.05, 0.1) is 11.4 Å². The minimum Gasteiger partial charge on any atom is -0.385 e. The Bertz CT molecular complexity index is 807. The molecule has 0 atom stereocenters. The van der Waals surface area contributed by atoms with E-state index < -0.39 is 11.8 Å². The first-order valence-corrected chi connectivity index (χ1v) is 9.66. The van der Waals surface area contributed by atoms with Gasteiger partial charge in [0.25, 0.3) is 0 Å². The predicted octanol–water partition coefficient (Wildman–Crippen LogP) is 2.36. The highest BCUT2D eigenvalue weighted by Crippen LogP contribution is 2.36. The fraction of sp³-hybridized carbons (Fsp3) is 0.353. The number of benzene rings is 1. The summed E-state index contributed by atoms with van der Waals surface area (Å²) in [4.78, 5) is 24.3. The Labute approximate surface area is 160 Å². The molecule has 0 fully saturated rings. The van der Waals surface area contributed by atoms with Crippen molar-refractivity contribution in [3.63, 3.8) is 0 Å². The molecule has 1 aromatic heterocycles. The molecule has 26 heavy (non-hydrogen) atoms. The summed E-state index contributed by atoms with van der Waals surface area (Å²) < 4.78 is 6.57. The highest BCUT2D eigenvalue weighted by atomic mass is 35.5. The van der Waals surface area contributed by atoms with Crippen LogP contribution in [0.2, 0.25) is 5.02 Å². The average Bonchev–Trinajstić information content (AvgIpc) is 3.22. The van der Waals surface area contributed by atoms with Crippen LogP contribution in [0.1, 0.15) is 17.7 Å². The van der Waals surface area contributed by atoms with E-state index in [0.29, 0.717) is 30.4 Å². The third-order valence-electron chi connectivity index (χ3n) is 3.87. The largest absolute Gasteiger partial charge is 0.385 e. The van der Waals surface area contributed by atoms with Crippen molar-refractivity contribution < 1.29 is 14.3 Å². The number of hydrogen-bond acceptors (Lipinski definition) is 5. The van der Waals surface area contributed by atoms with E-state index in [1.807, 2.05) is 12.1 Å². The number of aromatic nitrogens is 2. The van der Waals surface area contributed by atoms with Crippen LogP contribution >= 0.6 is 23.4 Å². The summed E-state index contributed by atoms with van der Waals surface area (Å²) in [6.07, 6.45) is 0.643. The van der Waals surface area contributed by atoms with E-state index in [1.54, 1.807) is 35.7 Å². The number of ether oxygens (including phenoxy) is 1. The minimum atomic E-state index is -0.711. The van der Waals surface area contributed by atoms with Crippen molar-refractivity contribution >= 4 is 41.0 Å². The number of methoxy groups -OCH3 is 1. The van der Waals surface area contributed by atoms with Gasteiger partial charge in [0.2, 0.25) is 0 Å². The summed E-state index contributed by atoms with van der Waals surface area (Å²) in [6, 6.07) is 7.15. The van der Waals surface area contributed by atoms with E-state index in [1.165, 1.54) is 0 Å². The molecular formula is C17H19ClN4O3S. The van der Waals surface area contributed by atoms with Gasteiger partial charge in [-0.15, -0.1) is 0 Å². The average molecular weight is 395 g/mol. The monoisotopic (exact) mass is 394 g/mol. The molecule has 1 aliphatic heterocycles. The molecule has 0 radical (unpaired) electrons. The lowest BCUT2D eigenvalue weighted by Crippen LogP contribution is -2.36. The Kier molecular flexibility index (Phi) is 6.18. The van der Waals surface area contributed by atoms with Gasteiger partial charge in [-0.25, -0.2) is 4.68 Å². The van der Waals surface area contributed by atoms with E-state index in [9.17, 15) is 9.59 Å². The summed E-state index contributed by atoms with van der Waals surface area (Å²) in [5.74, 6) is 0.668. The summed E-state index contributed by atoms with van der Waals surface area (Å²) in [5, 5.41) is 10.5. The molecule has 0 aliphatic carbocycles. The molecule has 2 aromatic rings. The molecule has 138 valence electrons.